The third-order valence-corrected chi connectivity index (χ3v) is 3.82. The van der Waals surface area contributed by atoms with Crippen LogP contribution in [-0.2, 0) is 17.6 Å². The molecule has 1 aromatic carbocycles. The van der Waals surface area contributed by atoms with Gasteiger partial charge in [0.05, 0.1) is 18.8 Å². The van der Waals surface area contributed by atoms with Crippen molar-refractivity contribution < 1.29 is 9.47 Å². The summed E-state index contributed by atoms with van der Waals surface area (Å²) in [7, 11) is 0. The Balaban J connectivity index is 1.92. The van der Waals surface area contributed by atoms with Crippen molar-refractivity contribution in [2.75, 3.05) is 6.61 Å². The fraction of sp³-hybridized carbons (Fsp3) is 0.647. The van der Waals surface area contributed by atoms with Crippen molar-refractivity contribution >= 4 is 0 Å². The summed E-state index contributed by atoms with van der Waals surface area (Å²) in [6, 6.07) is 6.54. The van der Waals surface area contributed by atoms with E-state index in [0.717, 1.165) is 44.5 Å². The van der Waals surface area contributed by atoms with Crippen LogP contribution in [0, 0.1) is 0 Å². The number of ether oxygens (including phenoxy) is 2. The standard InChI is InChI=1S/C17H26O2/c1-4-11-18-15-9-7-14(13(5-2)12-15)8-10-17-16(6-3)19-17/h7,9,12,16-17H,4-6,8,10-11H2,1-3H3. The maximum atomic E-state index is 5.70. The fourth-order valence-electron chi connectivity index (χ4n) is 2.57. The molecule has 0 spiro atoms. The van der Waals surface area contributed by atoms with Gasteiger partial charge in [-0.05, 0) is 55.4 Å². The van der Waals surface area contributed by atoms with E-state index in [1.807, 2.05) is 0 Å². The van der Waals surface area contributed by atoms with Crippen molar-refractivity contribution in [3.05, 3.63) is 29.3 Å². The Morgan fingerprint density at radius 2 is 1.95 bits per heavy atom. The SMILES string of the molecule is CCCOc1ccc(CCC2OC2CC)c(CC)c1. The smallest absolute Gasteiger partial charge is 0.119 e. The predicted octanol–water partition coefficient (Wildman–Crippen LogP) is 4.15. The van der Waals surface area contributed by atoms with Crippen molar-refractivity contribution in [1.82, 2.24) is 0 Å². The molecular formula is C17H26O2. The maximum Gasteiger partial charge on any atom is 0.119 e. The molecule has 0 N–H and O–H groups in total. The van der Waals surface area contributed by atoms with Crippen LogP contribution >= 0.6 is 0 Å². The summed E-state index contributed by atoms with van der Waals surface area (Å²) < 4.78 is 11.3. The first kappa shape index (κ1) is 14.4. The lowest BCUT2D eigenvalue weighted by molar-refractivity contribution is 0.317. The Morgan fingerprint density at radius 3 is 2.58 bits per heavy atom. The topological polar surface area (TPSA) is 21.8 Å². The van der Waals surface area contributed by atoms with Crippen LogP contribution in [0.2, 0.25) is 0 Å². The molecule has 1 saturated heterocycles. The average molecular weight is 262 g/mol. The predicted molar refractivity (Wildman–Crippen MR) is 78.9 cm³/mol. The summed E-state index contributed by atoms with van der Waals surface area (Å²) in [4.78, 5) is 0. The number of rotatable bonds is 8. The third-order valence-electron chi connectivity index (χ3n) is 3.82. The molecule has 0 radical (unpaired) electrons. The largest absolute Gasteiger partial charge is 0.494 e. The molecule has 2 nitrogen and oxygen atoms in total. The van der Waals surface area contributed by atoms with Crippen LogP contribution in [0.15, 0.2) is 18.2 Å². The minimum absolute atomic E-state index is 0.505. The van der Waals surface area contributed by atoms with Crippen LogP contribution in [-0.4, -0.2) is 18.8 Å². The van der Waals surface area contributed by atoms with Gasteiger partial charge in [-0.25, -0.2) is 0 Å². The highest BCUT2D eigenvalue weighted by molar-refractivity contribution is 5.36. The molecule has 0 bridgehead atoms. The Hall–Kier alpha value is -1.02. The van der Waals surface area contributed by atoms with Crippen molar-refractivity contribution in [3.63, 3.8) is 0 Å². The van der Waals surface area contributed by atoms with Gasteiger partial charge in [0.1, 0.15) is 5.75 Å². The van der Waals surface area contributed by atoms with Gasteiger partial charge in [-0.15, -0.1) is 0 Å². The van der Waals surface area contributed by atoms with Gasteiger partial charge in [0.25, 0.3) is 0 Å². The molecule has 1 aromatic rings. The lowest BCUT2D eigenvalue weighted by atomic mass is 9.99. The van der Waals surface area contributed by atoms with Gasteiger partial charge in [0, 0.05) is 0 Å². The summed E-state index contributed by atoms with van der Waals surface area (Å²) >= 11 is 0. The summed E-state index contributed by atoms with van der Waals surface area (Å²) in [6.07, 6.45) is 6.58. The molecule has 2 rings (SSSR count). The van der Waals surface area contributed by atoms with Crippen molar-refractivity contribution in [3.8, 4) is 5.75 Å². The minimum atomic E-state index is 0.505. The van der Waals surface area contributed by atoms with Crippen LogP contribution < -0.4 is 4.74 Å². The van der Waals surface area contributed by atoms with Gasteiger partial charge in [-0.2, -0.15) is 0 Å². The quantitative estimate of drug-likeness (QED) is 0.656. The first-order valence-corrected chi connectivity index (χ1v) is 7.68. The number of hydrogen-bond acceptors (Lipinski definition) is 2. The fourth-order valence-corrected chi connectivity index (χ4v) is 2.57. The Kier molecular flexibility index (Phi) is 5.26. The van der Waals surface area contributed by atoms with E-state index in [2.05, 4.69) is 39.0 Å². The van der Waals surface area contributed by atoms with Gasteiger partial charge < -0.3 is 9.47 Å². The molecule has 1 aliphatic heterocycles. The molecule has 106 valence electrons. The Morgan fingerprint density at radius 1 is 1.11 bits per heavy atom. The average Bonchev–Trinajstić information content (AvgIpc) is 3.21. The molecule has 0 saturated carbocycles. The number of hydrogen-bond donors (Lipinski definition) is 0. The van der Waals surface area contributed by atoms with Gasteiger partial charge in [0.15, 0.2) is 0 Å². The molecule has 0 amide bonds. The molecule has 19 heavy (non-hydrogen) atoms. The number of aryl methyl sites for hydroxylation is 2. The lowest BCUT2D eigenvalue weighted by Gasteiger charge is -2.11. The minimum Gasteiger partial charge on any atom is -0.494 e. The zero-order chi connectivity index (χ0) is 13.7. The Bertz CT molecular complexity index is 400. The molecule has 0 aromatic heterocycles. The van der Waals surface area contributed by atoms with E-state index in [4.69, 9.17) is 9.47 Å². The van der Waals surface area contributed by atoms with E-state index in [-0.39, 0.29) is 0 Å². The summed E-state index contributed by atoms with van der Waals surface area (Å²) in [5, 5.41) is 0. The van der Waals surface area contributed by atoms with Crippen molar-refractivity contribution in [2.45, 2.75) is 65.1 Å². The van der Waals surface area contributed by atoms with E-state index in [1.54, 1.807) is 0 Å². The zero-order valence-corrected chi connectivity index (χ0v) is 12.4. The van der Waals surface area contributed by atoms with Gasteiger partial charge in [-0.3, -0.25) is 0 Å². The monoisotopic (exact) mass is 262 g/mol. The molecule has 1 fully saturated rings. The lowest BCUT2D eigenvalue weighted by Crippen LogP contribution is -2.01. The van der Waals surface area contributed by atoms with Crippen molar-refractivity contribution in [2.24, 2.45) is 0 Å². The van der Waals surface area contributed by atoms with E-state index in [9.17, 15) is 0 Å². The highest BCUT2D eigenvalue weighted by Gasteiger charge is 2.36. The molecule has 2 heteroatoms. The maximum absolute atomic E-state index is 5.70. The van der Waals surface area contributed by atoms with Crippen molar-refractivity contribution in [1.29, 1.82) is 0 Å². The summed E-state index contributed by atoms with van der Waals surface area (Å²) in [5.41, 5.74) is 2.87. The first-order valence-electron chi connectivity index (χ1n) is 7.68. The molecule has 1 heterocycles. The third kappa shape index (κ3) is 3.97. The Labute approximate surface area is 117 Å². The van der Waals surface area contributed by atoms with Gasteiger partial charge >= 0.3 is 0 Å². The summed E-state index contributed by atoms with van der Waals surface area (Å²) in [6.45, 7) is 7.35. The normalized spacial score (nSPS) is 21.4. The van der Waals surface area contributed by atoms with Crippen LogP contribution in [0.5, 0.6) is 5.75 Å². The highest BCUT2D eigenvalue weighted by Crippen LogP contribution is 2.30. The second-order valence-corrected chi connectivity index (χ2v) is 5.29. The van der Waals surface area contributed by atoms with Crippen LogP contribution in [0.3, 0.4) is 0 Å². The second kappa shape index (κ2) is 6.95. The van der Waals surface area contributed by atoms with E-state index in [1.165, 1.54) is 11.1 Å². The molecule has 2 atom stereocenters. The van der Waals surface area contributed by atoms with Crippen LogP contribution in [0.25, 0.3) is 0 Å². The molecule has 1 aliphatic rings. The number of benzene rings is 1. The molecule has 0 aliphatic carbocycles. The van der Waals surface area contributed by atoms with Gasteiger partial charge in [-0.1, -0.05) is 26.8 Å². The van der Waals surface area contributed by atoms with Gasteiger partial charge in [0.2, 0.25) is 0 Å². The first-order chi connectivity index (χ1) is 9.28. The highest BCUT2D eigenvalue weighted by atomic mass is 16.6. The molecular weight excluding hydrogens is 236 g/mol. The van der Waals surface area contributed by atoms with E-state index in [0.29, 0.717) is 12.2 Å². The number of epoxide rings is 1. The molecule has 2 unspecified atom stereocenters. The second-order valence-electron chi connectivity index (χ2n) is 5.29. The zero-order valence-electron chi connectivity index (χ0n) is 12.4. The van der Waals surface area contributed by atoms with E-state index >= 15 is 0 Å². The van der Waals surface area contributed by atoms with Crippen LogP contribution in [0.1, 0.15) is 51.2 Å². The summed E-state index contributed by atoms with van der Waals surface area (Å²) in [5.74, 6) is 1.01. The van der Waals surface area contributed by atoms with Crippen LogP contribution in [0.4, 0.5) is 0 Å². The van der Waals surface area contributed by atoms with E-state index < -0.39 is 0 Å².